The van der Waals surface area contributed by atoms with E-state index in [2.05, 4.69) is 13.5 Å². The molecule has 0 atom stereocenters. The third-order valence-corrected chi connectivity index (χ3v) is 4.64. The van der Waals surface area contributed by atoms with Crippen molar-refractivity contribution in [2.24, 2.45) is 0 Å². The van der Waals surface area contributed by atoms with Crippen LogP contribution in [0.4, 0.5) is 0 Å². The number of hydrogen-bond donors (Lipinski definition) is 1. The van der Waals surface area contributed by atoms with E-state index in [-0.39, 0.29) is 0 Å². The smallest absolute Gasteiger partial charge is 0.331 e. The SMILES string of the molecule is C=Cc1ccccc1.CCCCCCCCCCCCCCOC(=O)/C=C/C(=O)O. The van der Waals surface area contributed by atoms with E-state index < -0.39 is 11.9 Å². The predicted octanol–water partition coefficient (Wildman–Crippen LogP) is 7.20. The summed E-state index contributed by atoms with van der Waals surface area (Å²) in [6.45, 7) is 6.25. The summed E-state index contributed by atoms with van der Waals surface area (Å²) in [4.78, 5) is 21.3. The fourth-order valence-corrected chi connectivity index (χ4v) is 2.89. The third kappa shape index (κ3) is 20.4. The number of aliphatic carboxylic acids is 1. The highest BCUT2D eigenvalue weighted by atomic mass is 16.5. The molecule has 0 saturated carbocycles. The van der Waals surface area contributed by atoms with Crippen LogP contribution in [-0.2, 0) is 14.3 Å². The molecule has 4 nitrogen and oxygen atoms in total. The van der Waals surface area contributed by atoms with Crippen molar-refractivity contribution in [3.8, 4) is 0 Å². The zero-order chi connectivity index (χ0) is 22.3. The van der Waals surface area contributed by atoms with Crippen molar-refractivity contribution in [2.75, 3.05) is 6.61 Å². The molecule has 0 aliphatic rings. The van der Waals surface area contributed by atoms with Gasteiger partial charge in [-0.05, 0) is 12.0 Å². The monoisotopic (exact) mass is 416 g/mol. The zero-order valence-electron chi connectivity index (χ0n) is 18.7. The summed E-state index contributed by atoms with van der Waals surface area (Å²) in [7, 11) is 0. The van der Waals surface area contributed by atoms with Crippen LogP contribution < -0.4 is 0 Å². The maximum Gasteiger partial charge on any atom is 0.331 e. The number of ether oxygens (including phenoxy) is 1. The first-order valence-electron chi connectivity index (χ1n) is 11.4. The molecule has 0 heterocycles. The molecule has 1 aromatic carbocycles. The van der Waals surface area contributed by atoms with E-state index in [4.69, 9.17) is 9.84 Å². The van der Waals surface area contributed by atoms with Gasteiger partial charge in [0.1, 0.15) is 0 Å². The van der Waals surface area contributed by atoms with Gasteiger partial charge in [-0.15, -0.1) is 0 Å². The highest BCUT2D eigenvalue weighted by Crippen LogP contribution is 2.11. The molecular formula is C26H40O4. The summed E-state index contributed by atoms with van der Waals surface area (Å²) in [6.07, 6.45) is 18.7. The Morgan fingerprint density at radius 1 is 0.833 bits per heavy atom. The normalized spacial score (nSPS) is 10.3. The average molecular weight is 417 g/mol. The van der Waals surface area contributed by atoms with E-state index >= 15 is 0 Å². The Hall–Kier alpha value is -2.36. The second-order valence-corrected chi connectivity index (χ2v) is 7.34. The lowest BCUT2D eigenvalue weighted by Gasteiger charge is -2.03. The number of benzene rings is 1. The van der Waals surface area contributed by atoms with Crippen molar-refractivity contribution < 1.29 is 19.4 Å². The number of carboxylic acids is 1. The maximum absolute atomic E-state index is 11.1. The molecule has 4 heteroatoms. The van der Waals surface area contributed by atoms with Crippen LogP contribution in [0.3, 0.4) is 0 Å². The fraction of sp³-hybridized carbons (Fsp3) is 0.538. The van der Waals surface area contributed by atoms with Gasteiger partial charge in [0.15, 0.2) is 0 Å². The molecule has 0 aromatic heterocycles. The van der Waals surface area contributed by atoms with Crippen molar-refractivity contribution in [3.63, 3.8) is 0 Å². The van der Waals surface area contributed by atoms with Gasteiger partial charge in [0.25, 0.3) is 0 Å². The Labute approximate surface area is 183 Å². The molecule has 0 aliphatic carbocycles. The topological polar surface area (TPSA) is 63.6 Å². The van der Waals surface area contributed by atoms with E-state index in [1.54, 1.807) is 0 Å². The summed E-state index contributed by atoms with van der Waals surface area (Å²) < 4.78 is 4.90. The van der Waals surface area contributed by atoms with E-state index in [0.717, 1.165) is 25.0 Å². The molecule has 0 saturated heterocycles. The fourth-order valence-electron chi connectivity index (χ4n) is 2.89. The van der Waals surface area contributed by atoms with Crippen LogP contribution in [0.1, 0.15) is 89.5 Å². The summed E-state index contributed by atoms with van der Waals surface area (Å²) >= 11 is 0. The molecule has 0 amide bonds. The standard InChI is InChI=1S/C18H32O4.C8H8/c1-2-3-4-5-6-7-8-9-10-11-12-13-16-22-18(21)15-14-17(19)20;1-2-8-6-4-3-5-7-8/h14-15H,2-13,16H2,1H3,(H,19,20);2-7H,1H2/b15-14+;. The van der Waals surface area contributed by atoms with E-state index in [1.807, 2.05) is 36.4 Å². The molecule has 0 radical (unpaired) electrons. The lowest BCUT2D eigenvalue weighted by atomic mass is 10.1. The quantitative estimate of drug-likeness (QED) is 0.176. The number of unbranched alkanes of at least 4 members (excludes halogenated alkanes) is 11. The minimum atomic E-state index is -1.14. The molecule has 0 bridgehead atoms. The molecule has 0 fully saturated rings. The highest BCUT2D eigenvalue weighted by Gasteiger charge is 1.98. The Bertz CT molecular complexity index is 578. The van der Waals surface area contributed by atoms with Crippen molar-refractivity contribution >= 4 is 18.0 Å². The molecule has 1 N–H and O–H groups in total. The Morgan fingerprint density at radius 3 is 1.77 bits per heavy atom. The lowest BCUT2D eigenvalue weighted by molar-refractivity contribution is -0.138. The Kier molecular flexibility index (Phi) is 19.7. The van der Waals surface area contributed by atoms with E-state index in [1.165, 1.54) is 69.8 Å². The van der Waals surface area contributed by atoms with Crippen LogP contribution in [0.5, 0.6) is 0 Å². The number of carbonyl (C=O) groups is 2. The van der Waals surface area contributed by atoms with Crippen LogP contribution in [0.25, 0.3) is 6.08 Å². The van der Waals surface area contributed by atoms with Gasteiger partial charge in [-0.1, -0.05) is 121 Å². The molecule has 1 aromatic rings. The number of hydrogen-bond acceptors (Lipinski definition) is 3. The van der Waals surface area contributed by atoms with Gasteiger partial charge in [0.05, 0.1) is 6.61 Å². The number of esters is 1. The van der Waals surface area contributed by atoms with Gasteiger partial charge in [-0.25, -0.2) is 9.59 Å². The summed E-state index contributed by atoms with van der Waals surface area (Å²) in [6, 6.07) is 10.0. The van der Waals surface area contributed by atoms with Crippen LogP contribution in [-0.4, -0.2) is 23.7 Å². The van der Waals surface area contributed by atoms with Crippen LogP contribution in [0.15, 0.2) is 49.1 Å². The van der Waals surface area contributed by atoms with Crippen molar-refractivity contribution in [1.29, 1.82) is 0 Å². The van der Waals surface area contributed by atoms with Crippen molar-refractivity contribution in [2.45, 2.75) is 84.0 Å². The molecular weight excluding hydrogens is 376 g/mol. The van der Waals surface area contributed by atoms with Gasteiger partial charge >= 0.3 is 11.9 Å². The van der Waals surface area contributed by atoms with Gasteiger partial charge in [-0.2, -0.15) is 0 Å². The molecule has 168 valence electrons. The number of carboxylic acid groups (broad SMARTS) is 1. The summed E-state index contributed by atoms with van der Waals surface area (Å²) in [5, 5.41) is 8.35. The maximum atomic E-state index is 11.1. The van der Waals surface area contributed by atoms with E-state index in [0.29, 0.717) is 6.61 Å². The van der Waals surface area contributed by atoms with Crippen LogP contribution in [0.2, 0.25) is 0 Å². The van der Waals surface area contributed by atoms with Crippen molar-refractivity contribution in [1.82, 2.24) is 0 Å². The lowest BCUT2D eigenvalue weighted by Crippen LogP contribution is -2.03. The molecule has 30 heavy (non-hydrogen) atoms. The minimum Gasteiger partial charge on any atom is -0.478 e. The Morgan fingerprint density at radius 2 is 1.33 bits per heavy atom. The molecule has 0 unspecified atom stereocenters. The highest BCUT2D eigenvalue weighted by molar-refractivity contribution is 5.90. The minimum absolute atomic E-state index is 0.375. The van der Waals surface area contributed by atoms with Gasteiger partial charge in [0.2, 0.25) is 0 Å². The van der Waals surface area contributed by atoms with Crippen molar-refractivity contribution in [3.05, 3.63) is 54.6 Å². The molecule has 0 spiro atoms. The van der Waals surface area contributed by atoms with E-state index in [9.17, 15) is 9.59 Å². The average Bonchev–Trinajstić information content (AvgIpc) is 2.76. The first kappa shape index (κ1) is 27.6. The predicted molar refractivity (Wildman–Crippen MR) is 125 cm³/mol. The van der Waals surface area contributed by atoms with Crippen LogP contribution in [0, 0.1) is 0 Å². The Balaban J connectivity index is 0.000000867. The van der Waals surface area contributed by atoms with Gasteiger partial charge in [0, 0.05) is 12.2 Å². The zero-order valence-corrected chi connectivity index (χ0v) is 18.7. The first-order chi connectivity index (χ1) is 14.6. The van der Waals surface area contributed by atoms with Gasteiger partial charge < -0.3 is 9.84 Å². The number of carbonyl (C=O) groups excluding carboxylic acids is 1. The number of rotatable bonds is 16. The summed E-state index contributed by atoms with van der Waals surface area (Å²) in [5.41, 5.74) is 1.17. The largest absolute Gasteiger partial charge is 0.478 e. The molecule has 0 aliphatic heterocycles. The second-order valence-electron chi connectivity index (χ2n) is 7.34. The first-order valence-corrected chi connectivity index (χ1v) is 11.4. The third-order valence-electron chi connectivity index (χ3n) is 4.64. The second kappa shape index (κ2) is 21.4. The van der Waals surface area contributed by atoms with Gasteiger partial charge in [-0.3, -0.25) is 0 Å². The van der Waals surface area contributed by atoms with Crippen LogP contribution >= 0.6 is 0 Å². The molecule has 1 rings (SSSR count). The summed E-state index contributed by atoms with van der Waals surface area (Å²) in [5.74, 6) is -1.72.